The van der Waals surface area contributed by atoms with E-state index in [2.05, 4.69) is 26.3 Å². The smallest absolute Gasteiger partial charge is 0.383 e. The van der Waals surface area contributed by atoms with Crippen LogP contribution in [-0.2, 0) is 16.0 Å². The lowest BCUT2D eigenvalue weighted by Crippen LogP contribution is -2.28. The molecule has 1 N–H and O–H groups in total. The van der Waals surface area contributed by atoms with Crippen LogP contribution in [0.1, 0.15) is 11.7 Å². The van der Waals surface area contributed by atoms with Gasteiger partial charge in [-0.2, -0.15) is 18.3 Å². The van der Waals surface area contributed by atoms with E-state index in [-0.39, 0.29) is 6.61 Å². The van der Waals surface area contributed by atoms with Gasteiger partial charge in [-0.15, -0.1) is 0 Å². The average molecular weight is 360 g/mol. The first-order chi connectivity index (χ1) is 9.39. The van der Waals surface area contributed by atoms with Crippen molar-refractivity contribution in [1.29, 1.82) is 0 Å². The summed E-state index contributed by atoms with van der Waals surface area (Å²) in [6.45, 7) is -0.405. The summed E-state index contributed by atoms with van der Waals surface area (Å²) in [6, 6.07) is -0.397. The van der Waals surface area contributed by atoms with Gasteiger partial charge in [0.2, 0.25) is 0 Å². The number of aromatic nitrogens is 2. The highest BCUT2D eigenvalue weighted by molar-refractivity contribution is 9.10. The largest absolute Gasteiger partial charge is 0.411 e. The molecule has 116 valence electrons. The molecule has 1 aromatic heterocycles. The Morgan fingerprint density at radius 1 is 1.50 bits per heavy atom. The Labute approximate surface area is 123 Å². The third kappa shape index (κ3) is 5.39. The monoisotopic (exact) mass is 359 g/mol. The van der Waals surface area contributed by atoms with E-state index in [1.807, 2.05) is 0 Å². The molecule has 1 atom stereocenters. The Hall–Kier alpha value is -0.640. The molecule has 20 heavy (non-hydrogen) atoms. The standard InChI is InChI=1S/C11H17BrF3N3O2/c1-16-9(6-20-7-11(13,14)15)10-8(12)5-17-18(10)3-4-19-2/h5,9,16H,3-4,6-7H2,1-2H3. The predicted molar refractivity (Wildman–Crippen MR) is 70.5 cm³/mol. The van der Waals surface area contributed by atoms with Crippen LogP contribution < -0.4 is 5.32 Å². The van der Waals surface area contributed by atoms with Gasteiger partial charge in [0.25, 0.3) is 0 Å². The minimum Gasteiger partial charge on any atom is -0.383 e. The van der Waals surface area contributed by atoms with E-state index >= 15 is 0 Å². The number of nitrogens with zero attached hydrogens (tertiary/aromatic N) is 2. The molecule has 0 bridgehead atoms. The Balaban J connectivity index is 2.71. The quantitative estimate of drug-likeness (QED) is 0.772. The van der Waals surface area contributed by atoms with Gasteiger partial charge < -0.3 is 14.8 Å². The van der Waals surface area contributed by atoms with Crippen molar-refractivity contribution in [3.63, 3.8) is 0 Å². The summed E-state index contributed by atoms with van der Waals surface area (Å²) in [6.07, 6.45) is -2.73. The van der Waals surface area contributed by atoms with Crippen LogP contribution in [0.5, 0.6) is 0 Å². The Morgan fingerprint density at radius 3 is 2.75 bits per heavy atom. The Morgan fingerprint density at radius 2 is 2.20 bits per heavy atom. The van der Waals surface area contributed by atoms with Gasteiger partial charge in [0.15, 0.2) is 0 Å². The van der Waals surface area contributed by atoms with Crippen molar-refractivity contribution >= 4 is 15.9 Å². The van der Waals surface area contributed by atoms with Crippen LogP contribution in [0.15, 0.2) is 10.7 Å². The van der Waals surface area contributed by atoms with E-state index in [0.29, 0.717) is 17.6 Å². The minimum absolute atomic E-state index is 0.104. The van der Waals surface area contributed by atoms with E-state index in [9.17, 15) is 13.2 Å². The first kappa shape index (κ1) is 17.4. The summed E-state index contributed by atoms with van der Waals surface area (Å²) in [4.78, 5) is 0. The maximum atomic E-state index is 12.1. The number of likely N-dealkylation sites (N-methyl/N-ethyl adjacent to an activating group) is 1. The van der Waals surface area contributed by atoms with Crippen LogP contribution in [0.25, 0.3) is 0 Å². The second kappa shape index (κ2) is 7.96. The van der Waals surface area contributed by atoms with Gasteiger partial charge in [0.05, 0.1) is 42.2 Å². The summed E-state index contributed by atoms with van der Waals surface area (Å²) in [7, 11) is 3.22. The zero-order valence-corrected chi connectivity index (χ0v) is 12.8. The molecule has 0 saturated heterocycles. The van der Waals surface area contributed by atoms with Gasteiger partial charge in [-0.25, -0.2) is 0 Å². The minimum atomic E-state index is -4.33. The average Bonchev–Trinajstić information content (AvgIpc) is 2.72. The molecule has 0 saturated carbocycles. The van der Waals surface area contributed by atoms with Gasteiger partial charge in [0, 0.05) is 7.11 Å². The van der Waals surface area contributed by atoms with Crippen molar-refractivity contribution in [3.8, 4) is 0 Å². The van der Waals surface area contributed by atoms with Crippen molar-refractivity contribution in [2.45, 2.75) is 18.8 Å². The van der Waals surface area contributed by atoms with E-state index < -0.39 is 18.8 Å². The van der Waals surface area contributed by atoms with Crippen LogP contribution >= 0.6 is 15.9 Å². The van der Waals surface area contributed by atoms with Crippen molar-refractivity contribution < 1.29 is 22.6 Å². The highest BCUT2D eigenvalue weighted by Crippen LogP contribution is 2.24. The van der Waals surface area contributed by atoms with Crippen molar-refractivity contribution in [2.24, 2.45) is 0 Å². The molecule has 0 amide bonds. The highest BCUT2D eigenvalue weighted by Gasteiger charge is 2.28. The van der Waals surface area contributed by atoms with Crippen molar-refractivity contribution in [2.75, 3.05) is 34.0 Å². The van der Waals surface area contributed by atoms with Gasteiger partial charge in [-0.05, 0) is 23.0 Å². The molecule has 0 aliphatic heterocycles. The molecule has 1 unspecified atom stereocenters. The van der Waals surface area contributed by atoms with Crippen LogP contribution in [0.4, 0.5) is 13.2 Å². The number of methoxy groups -OCH3 is 1. The van der Waals surface area contributed by atoms with Crippen LogP contribution in [0.2, 0.25) is 0 Å². The first-order valence-electron chi connectivity index (χ1n) is 5.91. The molecule has 0 aromatic carbocycles. The van der Waals surface area contributed by atoms with Crippen LogP contribution in [0.3, 0.4) is 0 Å². The molecule has 1 heterocycles. The molecular weight excluding hydrogens is 343 g/mol. The van der Waals surface area contributed by atoms with E-state index in [0.717, 1.165) is 5.69 Å². The van der Waals surface area contributed by atoms with Gasteiger partial charge >= 0.3 is 6.18 Å². The van der Waals surface area contributed by atoms with E-state index in [1.165, 1.54) is 0 Å². The molecule has 0 fully saturated rings. The fourth-order valence-electron chi connectivity index (χ4n) is 1.67. The number of ether oxygens (including phenoxy) is 2. The fourth-order valence-corrected chi connectivity index (χ4v) is 2.24. The molecule has 5 nitrogen and oxygen atoms in total. The lowest BCUT2D eigenvalue weighted by Gasteiger charge is -2.19. The van der Waals surface area contributed by atoms with Crippen molar-refractivity contribution in [3.05, 3.63) is 16.4 Å². The second-order valence-electron chi connectivity index (χ2n) is 4.07. The second-order valence-corrected chi connectivity index (χ2v) is 4.92. The third-order valence-corrected chi connectivity index (χ3v) is 3.18. The summed E-state index contributed by atoms with van der Waals surface area (Å²) >= 11 is 3.34. The Kier molecular flexibility index (Phi) is 6.93. The number of rotatable bonds is 8. The first-order valence-corrected chi connectivity index (χ1v) is 6.70. The summed E-state index contributed by atoms with van der Waals surface area (Å²) in [5.74, 6) is 0. The normalized spacial score (nSPS) is 13.7. The number of halogens is 4. The summed E-state index contributed by atoms with van der Waals surface area (Å²) in [5.41, 5.74) is 0.728. The topological polar surface area (TPSA) is 48.3 Å². The number of hydrogen-bond acceptors (Lipinski definition) is 4. The molecule has 0 aliphatic carbocycles. The molecular formula is C11H17BrF3N3O2. The zero-order chi connectivity index (χ0) is 15.2. The molecule has 0 aliphatic rings. The maximum Gasteiger partial charge on any atom is 0.411 e. The van der Waals surface area contributed by atoms with Crippen molar-refractivity contribution in [1.82, 2.24) is 15.1 Å². The molecule has 1 rings (SSSR count). The third-order valence-electron chi connectivity index (χ3n) is 2.57. The van der Waals surface area contributed by atoms with Gasteiger partial charge in [0.1, 0.15) is 6.61 Å². The molecule has 9 heteroatoms. The fraction of sp³-hybridized carbons (Fsp3) is 0.727. The summed E-state index contributed by atoms with van der Waals surface area (Å²) < 4.78 is 48.3. The molecule has 1 aromatic rings. The van der Waals surface area contributed by atoms with E-state index in [4.69, 9.17) is 9.47 Å². The number of nitrogens with one attached hydrogen (secondary N) is 1. The van der Waals surface area contributed by atoms with Gasteiger partial charge in [-0.1, -0.05) is 0 Å². The lowest BCUT2D eigenvalue weighted by molar-refractivity contribution is -0.175. The maximum absolute atomic E-state index is 12.1. The van der Waals surface area contributed by atoms with E-state index in [1.54, 1.807) is 25.0 Å². The number of hydrogen-bond donors (Lipinski definition) is 1. The van der Waals surface area contributed by atoms with Gasteiger partial charge in [-0.3, -0.25) is 4.68 Å². The van der Waals surface area contributed by atoms with Crippen LogP contribution in [0, 0.1) is 0 Å². The number of alkyl halides is 3. The molecule has 0 spiro atoms. The predicted octanol–water partition coefficient (Wildman–Crippen LogP) is 2.13. The highest BCUT2D eigenvalue weighted by atomic mass is 79.9. The molecule has 0 radical (unpaired) electrons. The summed E-state index contributed by atoms with van der Waals surface area (Å²) in [5, 5.41) is 7.08. The zero-order valence-electron chi connectivity index (χ0n) is 11.2. The Bertz CT molecular complexity index is 412. The SMILES string of the molecule is CNC(COCC(F)(F)F)c1c(Br)cnn1CCOC. The van der Waals surface area contributed by atoms with Crippen LogP contribution in [-0.4, -0.2) is 49.9 Å². The lowest BCUT2D eigenvalue weighted by atomic mass is 10.2.